The molecule has 6 heterocycles. The summed E-state index contributed by atoms with van der Waals surface area (Å²) in [5.74, 6) is 5.54. The van der Waals surface area contributed by atoms with Gasteiger partial charge in [0.15, 0.2) is 52.4 Å². The molecular weight excluding hydrogens is 1830 g/mol. The maximum atomic E-state index is 5.36. The van der Waals surface area contributed by atoms with Gasteiger partial charge in [-0.15, -0.1) is 0 Å². The van der Waals surface area contributed by atoms with E-state index in [9.17, 15) is 0 Å². The number of aromatic nitrogens is 12. The molecule has 27 aromatic rings. The minimum absolute atomic E-state index is 0.589. The summed E-state index contributed by atoms with van der Waals surface area (Å²) in [6.45, 7) is 0. The highest BCUT2D eigenvalue weighted by Crippen LogP contribution is 2.46. The molecule has 0 aliphatic carbocycles. The number of fused-ring (bicyclic) bond motifs is 9. The van der Waals surface area contributed by atoms with Crippen molar-refractivity contribution in [2.45, 2.75) is 0 Å². The summed E-state index contributed by atoms with van der Waals surface area (Å²) in [4.78, 5) is 61.2. The summed E-state index contributed by atoms with van der Waals surface area (Å²) in [5.41, 5.74) is 30.8. The van der Waals surface area contributed by atoms with Crippen LogP contribution in [0.25, 0.3) is 268 Å². The fraction of sp³-hybridized carbons (Fsp3) is 0. The van der Waals surface area contributed by atoms with Gasteiger partial charge in [-0.1, -0.05) is 528 Å². The van der Waals surface area contributed by atoms with E-state index in [1.165, 1.54) is 49.5 Å². The summed E-state index contributed by atoms with van der Waals surface area (Å²) in [5, 5.41) is 10.1. The van der Waals surface area contributed by atoms with Gasteiger partial charge in [0.2, 0.25) is 0 Å². The molecule has 702 valence electrons. The van der Waals surface area contributed by atoms with Crippen molar-refractivity contribution in [3.8, 4) is 203 Å². The van der Waals surface area contributed by atoms with E-state index in [4.69, 9.17) is 59.8 Å². The Bertz CT molecular complexity index is 9420. The Labute approximate surface area is 867 Å². The van der Waals surface area contributed by atoms with Crippen LogP contribution in [0.4, 0.5) is 0 Å². The van der Waals surface area contributed by atoms with Crippen molar-refractivity contribution < 1.29 is 0 Å². The number of rotatable bonds is 18. The quantitative estimate of drug-likeness (QED) is 0.0751. The van der Waals surface area contributed by atoms with Crippen LogP contribution in [-0.2, 0) is 0 Å². The predicted molar refractivity (Wildman–Crippen MR) is 616 cm³/mol. The van der Waals surface area contributed by atoms with Crippen molar-refractivity contribution in [1.82, 2.24) is 59.8 Å². The minimum Gasteiger partial charge on any atom is -0.247 e. The zero-order valence-electron chi connectivity index (χ0n) is 81.3. The summed E-state index contributed by atoms with van der Waals surface area (Å²) >= 11 is 0. The molecule has 21 aromatic carbocycles. The molecule has 0 N–H and O–H groups in total. The molecule has 0 saturated heterocycles. The molecule has 150 heavy (non-hydrogen) atoms. The topological polar surface area (TPSA) is 155 Å². The van der Waals surface area contributed by atoms with Crippen molar-refractivity contribution in [2.24, 2.45) is 0 Å². The third-order valence-corrected chi connectivity index (χ3v) is 27.4. The Morgan fingerprint density at radius 3 is 0.453 bits per heavy atom. The first-order valence-electron chi connectivity index (χ1n) is 50.2. The molecule has 0 amide bonds. The van der Waals surface area contributed by atoms with Crippen LogP contribution in [-0.4, -0.2) is 59.8 Å². The standard InChI is InChI=1S/C52H34N4.C46H30N4.C40H26N4/c1-5-14-35(15-6-1)37-24-28-41(29-25-37)50-54-51(42-30-26-38(27-31-42)36-16-7-2-8-17-36)56-52(55-50)43-32-33-45-47(34-43)53-49(40-20-11-4-12-21-40)46-23-13-22-44(48(45)46)39-18-9-3-10-19-39;1-5-14-31(15-6-1)32-24-26-36(27-25-32)45-48-44(35-20-11-4-12-21-35)49-46(50-45)37-28-29-39-41(30-37)47-43(34-18-9-3-10-19-34)40-23-13-22-38(42(39)40)33-16-7-2-8-17-33;1-5-14-27(15-6-1)32-22-13-23-34-36(32)33-25-24-31(26-35(33)41-37(34)28-16-7-2-8-17-28)40-43-38(29-18-9-3-10-19-29)42-39(44-40)30-20-11-4-12-21-30/h1-34H;1-30H;1-26H. The first kappa shape index (κ1) is 90.9. The van der Waals surface area contributed by atoms with Crippen LogP contribution in [0.5, 0.6) is 0 Å². The van der Waals surface area contributed by atoms with Crippen LogP contribution in [0.15, 0.2) is 546 Å². The van der Waals surface area contributed by atoms with Crippen LogP contribution in [0.3, 0.4) is 0 Å². The first-order valence-corrected chi connectivity index (χ1v) is 50.2. The van der Waals surface area contributed by atoms with Gasteiger partial charge in [0.05, 0.1) is 33.6 Å². The lowest BCUT2D eigenvalue weighted by Gasteiger charge is -2.15. The molecule has 0 aliphatic heterocycles. The smallest absolute Gasteiger partial charge is 0.164 e. The van der Waals surface area contributed by atoms with Crippen molar-refractivity contribution >= 4 is 65.0 Å². The van der Waals surface area contributed by atoms with Crippen LogP contribution in [0.1, 0.15) is 0 Å². The van der Waals surface area contributed by atoms with Crippen LogP contribution < -0.4 is 0 Å². The molecule has 0 radical (unpaired) electrons. The van der Waals surface area contributed by atoms with Gasteiger partial charge in [0.25, 0.3) is 0 Å². The minimum atomic E-state index is 0.589. The van der Waals surface area contributed by atoms with Gasteiger partial charge in [0, 0.05) is 115 Å². The van der Waals surface area contributed by atoms with E-state index >= 15 is 0 Å². The predicted octanol–water partition coefficient (Wildman–Crippen LogP) is 34.7. The molecule has 12 heteroatoms. The monoisotopic (exact) mass is 1910 g/mol. The van der Waals surface area contributed by atoms with Crippen molar-refractivity contribution in [2.75, 3.05) is 0 Å². The van der Waals surface area contributed by atoms with E-state index in [0.29, 0.717) is 52.4 Å². The third kappa shape index (κ3) is 18.7. The Hall–Kier alpha value is -20.3. The lowest BCUT2D eigenvalue weighted by molar-refractivity contribution is 1.07. The summed E-state index contributed by atoms with van der Waals surface area (Å²) < 4.78 is 0. The van der Waals surface area contributed by atoms with Gasteiger partial charge in [-0.05, 0) is 85.0 Å². The molecule has 0 unspecified atom stereocenters. The van der Waals surface area contributed by atoms with Crippen molar-refractivity contribution in [1.29, 1.82) is 0 Å². The summed E-state index contributed by atoms with van der Waals surface area (Å²) in [7, 11) is 0. The van der Waals surface area contributed by atoms with Crippen LogP contribution >= 0.6 is 0 Å². The SMILES string of the molecule is c1ccc(-c2ccc(-c3nc(-c4ccc(-c5ccccc5)cc4)nc(-c4ccc5c(c4)nc(-c4ccccc4)c4cccc(-c6ccccc6)c45)n3)cc2)cc1.c1ccc(-c2ccc(-c3nc(-c4ccccc4)nc(-c4ccc5c(c4)nc(-c4ccccc4)c4cccc(-c6ccccc6)c45)n3)cc2)cc1.c1ccc(-c2nc(-c3ccccc3)nc(-c3ccc4c(c3)nc(-c3ccccc3)c3cccc(-c5ccccc5)c34)n2)cc1. The van der Waals surface area contributed by atoms with Gasteiger partial charge in [0.1, 0.15) is 0 Å². The average molecular weight is 1920 g/mol. The zero-order valence-corrected chi connectivity index (χ0v) is 81.3. The average Bonchev–Trinajstić information content (AvgIpc) is 0.744. The highest BCUT2D eigenvalue weighted by Gasteiger charge is 2.25. The molecule has 0 saturated carbocycles. The Kier molecular flexibility index (Phi) is 25.0. The van der Waals surface area contributed by atoms with E-state index in [-0.39, 0.29) is 0 Å². The highest BCUT2D eigenvalue weighted by atomic mass is 15.1. The number of hydrogen-bond acceptors (Lipinski definition) is 12. The van der Waals surface area contributed by atoms with Crippen LogP contribution in [0, 0.1) is 0 Å². The molecule has 0 fully saturated rings. The number of pyridine rings is 3. The van der Waals surface area contributed by atoms with E-state index in [1.807, 2.05) is 127 Å². The number of benzene rings is 21. The maximum Gasteiger partial charge on any atom is 0.164 e. The van der Waals surface area contributed by atoms with Gasteiger partial charge in [-0.3, -0.25) is 0 Å². The Balaban J connectivity index is 0.000000117. The molecule has 0 bridgehead atoms. The second-order valence-electron chi connectivity index (χ2n) is 36.8. The molecule has 0 aliphatic rings. The second kappa shape index (κ2) is 41.2. The molecule has 12 nitrogen and oxygen atoms in total. The van der Waals surface area contributed by atoms with Crippen molar-refractivity contribution in [3.05, 3.63) is 546 Å². The van der Waals surface area contributed by atoms with E-state index < -0.39 is 0 Å². The highest BCUT2D eigenvalue weighted by molar-refractivity contribution is 6.20. The van der Waals surface area contributed by atoms with Crippen LogP contribution in [0.2, 0.25) is 0 Å². The molecular formula is C138H90N12. The van der Waals surface area contributed by atoms with E-state index in [1.54, 1.807) is 0 Å². The summed E-state index contributed by atoms with van der Waals surface area (Å²) in [6.07, 6.45) is 0. The third-order valence-electron chi connectivity index (χ3n) is 27.4. The normalized spacial score (nSPS) is 11.2. The van der Waals surface area contributed by atoms with E-state index in [0.717, 1.165) is 166 Å². The fourth-order valence-corrected chi connectivity index (χ4v) is 20.0. The maximum absolute atomic E-state index is 5.36. The van der Waals surface area contributed by atoms with E-state index in [2.05, 4.69) is 419 Å². The lowest BCUT2D eigenvalue weighted by atomic mass is 9.92. The molecule has 0 spiro atoms. The first-order chi connectivity index (χ1) is 74.3. The fourth-order valence-electron chi connectivity index (χ4n) is 20.0. The lowest BCUT2D eigenvalue weighted by Crippen LogP contribution is -2.00. The summed E-state index contributed by atoms with van der Waals surface area (Å²) in [6, 6.07) is 188. The molecule has 0 atom stereocenters. The van der Waals surface area contributed by atoms with Crippen molar-refractivity contribution in [3.63, 3.8) is 0 Å². The van der Waals surface area contributed by atoms with Gasteiger partial charge in [-0.2, -0.15) is 0 Å². The molecule has 27 rings (SSSR count). The van der Waals surface area contributed by atoms with Gasteiger partial charge >= 0.3 is 0 Å². The van der Waals surface area contributed by atoms with Gasteiger partial charge < -0.3 is 0 Å². The zero-order chi connectivity index (χ0) is 99.8. The second-order valence-corrected chi connectivity index (χ2v) is 36.8. The number of hydrogen-bond donors (Lipinski definition) is 0. The Morgan fingerprint density at radius 1 is 0.0933 bits per heavy atom. The van der Waals surface area contributed by atoms with Gasteiger partial charge in [-0.25, -0.2) is 59.8 Å². The Morgan fingerprint density at radius 2 is 0.247 bits per heavy atom. The molecule has 6 aromatic heterocycles. The largest absolute Gasteiger partial charge is 0.247 e. The number of nitrogens with zero attached hydrogens (tertiary/aromatic N) is 12.